The molecule has 1 aliphatic heterocycles. The van der Waals surface area contributed by atoms with Crippen molar-refractivity contribution in [2.75, 3.05) is 13.7 Å². The summed E-state index contributed by atoms with van der Waals surface area (Å²) in [6.07, 6.45) is 7.57. The molecule has 0 aliphatic carbocycles. The van der Waals surface area contributed by atoms with Crippen LogP contribution in [0.2, 0.25) is 0 Å². The van der Waals surface area contributed by atoms with E-state index < -0.39 is 0 Å². The molecule has 0 saturated carbocycles. The van der Waals surface area contributed by atoms with E-state index in [2.05, 4.69) is 9.98 Å². The fourth-order valence-corrected chi connectivity index (χ4v) is 3.92. The second-order valence-electron chi connectivity index (χ2n) is 6.10. The summed E-state index contributed by atoms with van der Waals surface area (Å²) in [6.45, 7) is 0.822. The lowest BCUT2D eigenvalue weighted by Crippen LogP contribution is -2.11. The molecule has 4 heterocycles. The molecule has 136 valence electrons. The van der Waals surface area contributed by atoms with Gasteiger partial charge in [0.15, 0.2) is 0 Å². The zero-order chi connectivity index (χ0) is 18.6. The molecule has 0 saturated heterocycles. The van der Waals surface area contributed by atoms with Crippen molar-refractivity contribution in [3.05, 3.63) is 69.9 Å². The Bertz CT molecular complexity index is 1010. The molecule has 0 amide bonds. The molecule has 5 nitrogen and oxygen atoms in total. The Labute approximate surface area is 161 Å². The molecule has 27 heavy (non-hydrogen) atoms. The van der Waals surface area contributed by atoms with E-state index >= 15 is 0 Å². The molecule has 0 bridgehead atoms. The van der Waals surface area contributed by atoms with Crippen LogP contribution in [0.25, 0.3) is 17.4 Å². The second-order valence-corrected chi connectivity index (χ2v) is 7.02. The van der Waals surface area contributed by atoms with Gasteiger partial charge in [-0.15, -0.1) is 11.3 Å². The van der Waals surface area contributed by atoms with Gasteiger partial charge in [0.05, 0.1) is 12.8 Å². The molecule has 0 unspecified atom stereocenters. The van der Waals surface area contributed by atoms with Crippen molar-refractivity contribution in [2.24, 2.45) is 4.99 Å². The van der Waals surface area contributed by atoms with Crippen molar-refractivity contribution in [1.82, 2.24) is 4.98 Å². The van der Waals surface area contributed by atoms with Crippen molar-refractivity contribution in [2.45, 2.75) is 12.8 Å². The van der Waals surface area contributed by atoms with Gasteiger partial charge in [0.2, 0.25) is 0 Å². The van der Waals surface area contributed by atoms with Gasteiger partial charge in [0.25, 0.3) is 0 Å². The summed E-state index contributed by atoms with van der Waals surface area (Å²) in [5.41, 5.74) is 3.87. The summed E-state index contributed by atoms with van der Waals surface area (Å²) in [7, 11) is 1.38. The number of ether oxygens (including phenoxy) is 1. The van der Waals surface area contributed by atoms with E-state index in [1.807, 2.05) is 48.0 Å². The number of thiophene rings is 1. The summed E-state index contributed by atoms with van der Waals surface area (Å²) >= 11 is 1.34. The first-order chi connectivity index (χ1) is 13.3. The van der Waals surface area contributed by atoms with Gasteiger partial charge in [-0.05, 0) is 60.2 Å². The van der Waals surface area contributed by atoms with E-state index in [0.717, 1.165) is 47.6 Å². The quantitative estimate of drug-likeness (QED) is 0.609. The number of pyridine rings is 1. The minimum absolute atomic E-state index is 0.352. The molecule has 4 rings (SSSR count). The van der Waals surface area contributed by atoms with E-state index in [4.69, 9.17) is 9.15 Å². The predicted octanol–water partition coefficient (Wildman–Crippen LogP) is 4.86. The minimum Gasteiger partial charge on any atom is -0.465 e. The summed E-state index contributed by atoms with van der Waals surface area (Å²) < 4.78 is 10.8. The first-order valence-corrected chi connectivity index (χ1v) is 9.56. The number of nitrogens with zero attached hydrogens (tertiary/aromatic N) is 2. The monoisotopic (exact) mass is 378 g/mol. The standard InChI is InChI=1S/C21H18N2O3S/c1-25-21(24)20-17(8-11-27-20)18-7-6-16(26-18)12-14-4-3-10-23-19(14)15-5-2-9-22-13-15/h2,5-9,11-13H,3-4,10H2,1H3. The molecule has 1 aliphatic rings. The third-order valence-corrected chi connectivity index (χ3v) is 5.25. The van der Waals surface area contributed by atoms with Gasteiger partial charge in [-0.25, -0.2) is 4.79 Å². The largest absolute Gasteiger partial charge is 0.465 e. The van der Waals surface area contributed by atoms with Crippen LogP contribution in [0, 0.1) is 0 Å². The normalized spacial score (nSPS) is 15.6. The highest BCUT2D eigenvalue weighted by molar-refractivity contribution is 7.12. The Morgan fingerprint density at radius 3 is 3.04 bits per heavy atom. The van der Waals surface area contributed by atoms with Crippen molar-refractivity contribution in [3.8, 4) is 11.3 Å². The molecule has 0 spiro atoms. The smallest absolute Gasteiger partial charge is 0.348 e. The second kappa shape index (κ2) is 7.72. The number of esters is 1. The van der Waals surface area contributed by atoms with Gasteiger partial charge in [-0.2, -0.15) is 0 Å². The number of methoxy groups -OCH3 is 1. The van der Waals surface area contributed by atoms with E-state index in [-0.39, 0.29) is 5.97 Å². The Morgan fingerprint density at radius 1 is 1.30 bits per heavy atom. The zero-order valence-electron chi connectivity index (χ0n) is 14.8. The number of aromatic nitrogens is 1. The Hall–Kier alpha value is -2.99. The van der Waals surface area contributed by atoms with Crippen LogP contribution in [0.1, 0.15) is 33.8 Å². The van der Waals surface area contributed by atoms with Gasteiger partial charge >= 0.3 is 5.97 Å². The third-order valence-electron chi connectivity index (χ3n) is 4.36. The Balaban J connectivity index is 1.66. The summed E-state index contributed by atoms with van der Waals surface area (Å²) in [4.78, 5) is 21.3. The summed E-state index contributed by atoms with van der Waals surface area (Å²) in [6, 6.07) is 9.60. The average Bonchev–Trinajstić information content (AvgIpc) is 3.38. The lowest BCUT2D eigenvalue weighted by atomic mass is 9.96. The van der Waals surface area contributed by atoms with Gasteiger partial charge in [-0.1, -0.05) is 0 Å². The third kappa shape index (κ3) is 3.61. The highest BCUT2D eigenvalue weighted by Crippen LogP contribution is 2.31. The number of carbonyl (C=O) groups excluding carboxylic acids is 1. The predicted molar refractivity (Wildman–Crippen MR) is 106 cm³/mol. The van der Waals surface area contributed by atoms with Crippen molar-refractivity contribution >= 4 is 29.1 Å². The lowest BCUT2D eigenvalue weighted by molar-refractivity contribution is 0.0607. The van der Waals surface area contributed by atoms with E-state index in [9.17, 15) is 4.79 Å². The van der Waals surface area contributed by atoms with Crippen LogP contribution in [0.3, 0.4) is 0 Å². The first-order valence-electron chi connectivity index (χ1n) is 8.68. The number of hydrogen-bond acceptors (Lipinski definition) is 6. The zero-order valence-corrected chi connectivity index (χ0v) is 15.7. The molecule has 3 aromatic heterocycles. The number of allylic oxidation sites excluding steroid dienone is 1. The van der Waals surface area contributed by atoms with Crippen LogP contribution in [0.5, 0.6) is 0 Å². The fourth-order valence-electron chi connectivity index (χ4n) is 3.10. The maximum absolute atomic E-state index is 11.9. The number of hydrogen-bond donors (Lipinski definition) is 0. The van der Waals surface area contributed by atoms with Gasteiger partial charge in [0, 0.05) is 30.1 Å². The van der Waals surface area contributed by atoms with Crippen LogP contribution in [0.4, 0.5) is 0 Å². The van der Waals surface area contributed by atoms with Crippen LogP contribution in [0.15, 0.2) is 63.1 Å². The van der Waals surface area contributed by atoms with E-state index in [1.165, 1.54) is 18.4 Å². The average molecular weight is 378 g/mol. The molecule has 0 aromatic carbocycles. The number of carbonyl (C=O) groups is 1. The molecule has 6 heteroatoms. The number of rotatable bonds is 4. The molecule has 0 fully saturated rings. The number of furan rings is 1. The first kappa shape index (κ1) is 17.4. The van der Waals surface area contributed by atoms with E-state index in [0.29, 0.717) is 10.6 Å². The Kier molecular flexibility index (Phi) is 4.98. The SMILES string of the molecule is COC(=O)c1sccc1-c1ccc(C=C2CCCN=C2c2cccnc2)o1. The molecule has 3 aromatic rings. The summed E-state index contributed by atoms with van der Waals surface area (Å²) in [5.74, 6) is 1.04. The van der Waals surface area contributed by atoms with Crippen molar-refractivity contribution in [1.29, 1.82) is 0 Å². The maximum Gasteiger partial charge on any atom is 0.348 e. The molecular formula is C21H18N2O3S. The van der Waals surface area contributed by atoms with Gasteiger partial charge in [0.1, 0.15) is 16.4 Å². The molecular weight excluding hydrogens is 360 g/mol. The Morgan fingerprint density at radius 2 is 2.22 bits per heavy atom. The molecule has 0 atom stereocenters. The van der Waals surface area contributed by atoms with Crippen molar-refractivity contribution < 1.29 is 13.9 Å². The maximum atomic E-state index is 11.9. The van der Waals surface area contributed by atoms with Crippen LogP contribution >= 0.6 is 11.3 Å². The minimum atomic E-state index is -0.352. The van der Waals surface area contributed by atoms with Crippen LogP contribution < -0.4 is 0 Å². The molecule has 0 N–H and O–H groups in total. The fraction of sp³-hybridized carbons (Fsp3) is 0.190. The lowest BCUT2D eigenvalue weighted by Gasteiger charge is -2.15. The van der Waals surface area contributed by atoms with Crippen molar-refractivity contribution in [3.63, 3.8) is 0 Å². The summed E-state index contributed by atoms with van der Waals surface area (Å²) in [5, 5.41) is 1.86. The van der Waals surface area contributed by atoms with Crippen LogP contribution in [-0.4, -0.2) is 30.3 Å². The number of aliphatic imine (C=N–C) groups is 1. The molecule has 0 radical (unpaired) electrons. The van der Waals surface area contributed by atoms with E-state index in [1.54, 1.807) is 6.20 Å². The van der Waals surface area contributed by atoms with Gasteiger partial charge in [-0.3, -0.25) is 9.98 Å². The highest BCUT2D eigenvalue weighted by Gasteiger charge is 2.18. The van der Waals surface area contributed by atoms with Gasteiger partial charge < -0.3 is 9.15 Å². The highest BCUT2D eigenvalue weighted by atomic mass is 32.1. The topological polar surface area (TPSA) is 64.7 Å². The van der Waals surface area contributed by atoms with Crippen LogP contribution in [-0.2, 0) is 4.74 Å².